The van der Waals surface area contributed by atoms with E-state index in [1.54, 1.807) is 0 Å². The Kier molecular flexibility index (Phi) is 4.26. The summed E-state index contributed by atoms with van der Waals surface area (Å²) in [6.45, 7) is 2.05. The van der Waals surface area contributed by atoms with Crippen molar-refractivity contribution in [3.63, 3.8) is 0 Å². The summed E-state index contributed by atoms with van der Waals surface area (Å²) in [7, 11) is 0. The zero-order valence-electron chi connectivity index (χ0n) is 12.4. The van der Waals surface area contributed by atoms with Gasteiger partial charge >= 0.3 is 0 Å². The van der Waals surface area contributed by atoms with Crippen molar-refractivity contribution in [3.05, 3.63) is 65.7 Å². The van der Waals surface area contributed by atoms with E-state index < -0.39 is 0 Å². The first-order chi connectivity index (χ1) is 10.2. The molecule has 1 fully saturated rings. The van der Waals surface area contributed by atoms with Gasteiger partial charge in [-0.2, -0.15) is 0 Å². The highest BCUT2D eigenvalue weighted by molar-refractivity contribution is 5.28. The van der Waals surface area contributed by atoms with Crippen LogP contribution in [-0.2, 0) is 0 Å². The topological polar surface area (TPSA) is 29.5 Å². The Hall–Kier alpha value is -1.80. The first kappa shape index (κ1) is 14.2. The average Bonchev–Trinajstić information content (AvgIpc) is 2.50. The number of hydrogen-bond donors (Lipinski definition) is 1. The summed E-state index contributed by atoms with van der Waals surface area (Å²) in [5.74, 6) is 1.33. The van der Waals surface area contributed by atoms with E-state index in [4.69, 9.17) is 4.74 Å². The van der Waals surface area contributed by atoms with Crippen LogP contribution in [0.25, 0.3) is 0 Å². The number of aliphatic hydroxyl groups excluding tert-OH is 1. The minimum atomic E-state index is -0.370. The van der Waals surface area contributed by atoms with Crippen LogP contribution >= 0.6 is 0 Å². The van der Waals surface area contributed by atoms with Crippen molar-refractivity contribution in [2.45, 2.75) is 44.3 Å². The molecule has 0 amide bonds. The minimum Gasteiger partial charge on any atom is -0.488 e. The van der Waals surface area contributed by atoms with Crippen LogP contribution in [-0.4, -0.2) is 17.3 Å². The van der Waals surface area contributed by atoms with Crippen molar-refractivity contribution in [3.8, 4) is 5.75 Å². The molecule has 3 unspecified atom stereocenters. The fourth-order valence-electron chi connectivity index (χ4n) is 3.13. The predicted molar refractivity (Wildman–Crippen MR) is 84.6 cm³/mol. The molecule has 1 N–H and O–H groups in total. The lowest BCUT2D eigenvalue weighted by Gasteiger charge is -2.33. The molecule has 0 bridgehead atoms. The summed E-state index contributed by atoms with van der Waals surface area (Å²) >= 11 is 0. The van der Waals surface area contributed by atoms with Crippen molar-refractivity contribution in [2.24, 2.45) is 0 Å². The van der Waals surface area contributed by atoms with E-state index in [1.165, 1.54) is 11.1 Å². The summed E-state index contributed by atoms with van der Waals surface area (Å²) < 4.78 is 6.05. The molecule has 2 aromatic carbocycles. The van der Waals surface area contributed by atoms with Crippen LogP contribution in [0.5, 0.6) is 5.75 Å². The number of rotatable bonds is 3. The van der Waals surface area contributed by atoms with Crippen LogP contribution in [0.15, 0.2) is 54.6 Å². The van der Waals surface area contributed by atoms with Gasteiger partial charge in [0.15, 0.2) is 0 Å². The van der Waals surface area contributed by atoms with Gasteiger partial charge in [-0.3, -0.25) is 0 Å². The Morgan fingerprint density at radius 1 is 1.00 bits per heavy atom. The zero-order valence-corrected chi connectivity index (χ0v) is 12.4. The quantitative estimate of drug-likeness (QED) is 0.919. The molecule has 2 aromatic rings. The summed E-state index contributed by atoms with van der Waals surface area (Å²) in [5, 5.41) is 10.2. The molecule has 0 radical (unpaired) electrons. The molecule has 3 atom stereocenters. The Balaban J connectivity index is 1.72. The highest BCUT2D eigenvalue weighted by Gasteiger charge is 2.31. The van der Waals surface area contributed by atoms with Gasteiger partial charge < -0.3 is 9.84 Å². The highest BCUT2D eigenvalue weighted by atomic mass is 16.5. The van der Waals surface area contributed by atoms with Gasteiger partial charge in [0, 0.05) is 0 Å². The number of benzene rings is 2. The Labute approximate surface area is 126 Å². The monoisotopic (exact) mass is 282 g/mol. The van der Waals surface area contributed by atoms with Gasteiger partial charge in [-0.25, -0.2) is 0 Å². The van der Waals surface area contributed by atoms with Gasteiger partial charge in [0.2, 0.25) is 0 Å². The second-order valence-corrected chi connectivity index (χ2v) is 5.96. The van der Waals surface area contributed by atoms with Gasteiger partial charge in [-0.15, -0.1) is 0 Å². The van der Waals surface area contributed by atoms with Crippen molar-refractivity contribution < 1.29 is 9.84 Å². The molecular formula is C19H22O2. The molecule has 1 aliphatic rings. The van der Waals surface area contributed by atoms with Crippen LogP contribution in [0, 0.1) is 6.92 Å². The first-order valence-corrected chi connectivity index (χ1v) is 7.69. The second-order valence-electron chi connectivity index (χ2n) is 5.96. The molecule has 0 spiro atoms. The summed E-state index contributed by atoms with van der Waals surface area (Å²) in [5.41, 5.74) is 2.53. The third-order valence-corrected chi connectivity index (χ3v) is 4.30. The Morgan fingerprint density at radius 3 is 2.57 bits per heavy atom. The van der Waals surface area contributed by atoms with Crippen molar-refractivity contribution in [1.82, 2.24) is 0 Å². The van der Waals surface area contributed by atoms with E-state index in [2.05, 4.69) is 37.3 Å². The van der Waals surface area contributed by atoms with Crippen LogP contribution in [0.4, 0.5) is 0 Å². The molecular weight excluding hydrogens is 260 g/mol. The summed E-state index contributed by atoms with van der Waals surface area (Å²) in [4.78, 5) is 0. The lowest BCUT2D eigenvalue weighted by Crippen LogP contribution is -2.37. The van der Waals surface area contributed by atoms with Gasteiger partial charge in [0.25, 0.3) is 0 Å². The second kappa shape index (κ2) is 6.31. The van der Waals surface area contributed by atoms with Crippen molar-refractivity contribution in [1.29, 1.82) is 0 Å². The fraction of sp³-hybridized carbons (Fsp3) is 0.368. The maximum Gasteiger partial charge on any atom is 0.125 e. The molecule has 0 heterocycles. The number of aryl methyl sites for hydroxylation is 1. The van der Waals surface area contributed by atoms with Gasteiger partial charge in [-0.05, 0) is 55.4 Å². The highest BCUT2D eigenvalue weighted by Crippen LogP contribution is 2.35. The third kappa shape index (κ3) is 3.45. The summed E-state index contributed by atoms with van der Waals surface area (Å²) in [6, 6.07) is 18.6. The maximum absolute atomic E-state index is 10.2. The normalized spacial score (nSPS) is 25.5. The van der Waals surface area contributed by atoms with E-state index in [-0.39, 0.29) is 12.2 Å². The van der Waals surface area contributed by atoms with Gasteiger partial charge in [0.1, 0.15) is 11.9 Å². The van der Waals surface area contributed by atoms with E-state index >= 15 is 0 Å². The standard InChI is InChI=1S/C19H22O2/c1-14-6-5-9-17(12-14)21-19-13-16(10-11-18(19)20)15-7-3-2-4-8-15/h2-9,12,16,18-20H,10-11,13H2,1H3. The van der Waals surface area contributed by atoms with Crippen LogP contribution < -0.4 is 4.74 Å². The first-order valence-electron chi connectivity index (χ1n) is 7.69. The smallest absolute Gasteiger partial charge is 0.125 e. The molecule has 0 aromatic heterocycles. The summed E-state index contributed by atoms with van der Waals surface area (Å²) in [6.07, 6.45) is 2.21. The molecule has 1 saturated carbocycles. The molecule has 2 nitrogen and oxygen atoms in total. The SMILES string of the molecule is Cc1cccc(OC2CC(c3ccccc3)CCC2O)c1. The zero-order chi connectivity index (χ0) is 14.7. The minimum absolute atomic E-state index is 0.120. The lowest BCUT2D eigenvalue weighted by atomic mass is 9.81. The largest absolute Gasteiger partial charge is 0.488 e. The van der Waals surface area contributed by atoms with Crippen molar-refractivity contribution >= 4 is 0 Å². The van der Waals surface area contributed by atoms with E-state index in [0.717, 1.165) is 25.0 Å². The molecule has 1 aliphatic carbocycles. The number of hydrogen-bond acceptors (Lipinski definition) is 2. The van der Waals surface area contributed by atoms with Crippen molar-refractivity contribution in [2.75, 3.05) is 0 Å². The molecule has 110 valence electrons. The average molecular weight is 282 g/mol. The van der Waals surface area contributed by atoms with E-state index in [0.29, 0.717) is 5.92 Å². The molecule has 0 aliphatic heterocycles. The van der Waals surface area contributed by atoms with Crippen LogP contribution in [0.2, 0.25) is 0 Å². The van der Waals surface area contributed by atoms with E-state index in [9.17, 15) is 5.11 Å². The molecule has 3 rings (SSSR count). The van der Waals surface area contributed by atoms with Gasteiger partial charge in [-0.1, -0.05) is 42.5 Å². The lowest BCUT2D eigenvalue weighted by molar-refractivity contribution is 0.000386. The molecule has 0 saturated heterocycles. The molecule has 21 heavy (non-hydrogen) atoms. The van der Waals surface area contributed by atoms with Gasteiger partial charge in [0.05, 0.1) is 6.10 Å². The molecule has 2 heteroatoms. The van der Waals surface area contributed by atoms with Crippen LogP contribution in [0.1, 0.15) is 36.3 Å². The Bertz CT molecular complexity index is 579. The number of aliphatic hydroxyl groups is 1. The van der Waals surface area contributed by atoms with Crippen LogP contribution in [0.3, 0.4) is 0 Å². The van der Waals surface area contributed by atoms with E-state index in [1.807, 2.05) is 24.3 Å². The number of ether oxygens (including phenoxy) is 1. The third-order valence-electron chi connectivity index (χ3n) is 4.30. The Morgan fingerprint density at radius 2 is 1.81 bits per heavy atom. The predicted octanol–water partition coefficient (Wildman–Crippen LogP) is 4.07. The maximum atomic E-state index is 10.2. The fourth-order valence-corrected chi connectivity index (χ4v) is 3.13.